The zero-order chi connectivity index (χ0) is 12.3. The quantitative estimate of drug-likeness (QED) is 0.809. The summed E-state index contributed by atoms with van der Waals surface area (Å²) in [4.78, 5) is 21.7. The molecule has 0 aliphatic heterocycles. The maximum absolute atomic E-state index is 10.9. The molecule has 0 aliphatic rings. The first kappa shape index (κ1) is 12.6. The number of aromatic carboxylic acids is 2. The number of hydrogen-bond donors (Lipinski definition) is 2. The first-order valence-electron chi connectivity index (χ1n) is 3.97. The molecule has 0 saturated heterocycles. The second kappa shape index (κ2) is 5.01. The van der Waals surface area contributed by atoms with Crippen LogP contribution < -0.4 is 4.74 Å². The van der Waals surface area contributed by atoms with Gasteiger partial charge >= 0.3 is 11.9 Å². The number of halogens is 1. The zero-order valence-corrected chi connectivity index (χ0v) is 10.2. The minimum Gasteiger partial charge on any atom is -0.497 e. The highest BCUT2D eigenvalue weighted by Gasteiger charge is 2.20. The van der Waals surface area contributed by atoms with Crippen LogP contribution in [0.15, 0.2) is 12.1 Å². The molecule has 1 aromatic rings. The van der Waals surface area contributed by atoms with Gasteiger partial charge in [-0.2, -0.15) is 0 Å². The first-order chi connectivity index (χ1) is 7.51. The highest BCUT2D eigenvalue weighted by molar-refractivity contribution is 14.1. The minimum absolute atomic E-state index is 0.107. The fourth-order valence-electron chi connectivity index (χ4n) is 1.11. The normalized spacial score (nSPS) is 9.81. The van der Waals surface area contributed by atoms with Crippen molar-refractivity contribution < 1.29 is 27.6 Å². The van der Waals surface area contributed by atoms with E-state index in [-0.39, 0.29) is 20.4 Å². The number of rotatable bonds is 4. The predicted octanol–water partition coefficient (Wildman–Crippen LogP) is 1.58. The first-order valence-corrected chi connectivity index (χ1v) is 5.93. The van der Waals surface area contributed by atoms with Gasteiger partial charge < -0.3 is 14.9 Å². The van der Waals surface area contributed by atoms with Crippen molar-refractivity contribution >= 4 is 33.1 Å². The average Bonchev–Trinajstić information content (AvgIpc) is 2.26. The summed E-state index contributed by atoms with van der Waals surface area (Å²) >= 11 is -1.89. The van der Waals surface area contributed by atoms with Crippen molar-refractivity contribution in [2.45, 2.75) is 0 Å². The van der Waals surface area contributed by atoms with E-state index in [1.54, 1.807) is 0 Å². The molecular formula is C9H7IO6. The zero-order valence-electron chi connectivity index (χ0n) is 8.06. The number of carboxylic acids is 2. The lowest BCUT2D eigenvalue weighted by atomic mass is 10.1. The molecule has 0 bridgehead atoms. The number of hydrogen-bond acceptors (Lipinski definition) is 4. The summed E-state index contributed by atoms with van der Waals surface area (Å²) in [6.45, 7) is 0. The summed E-state index contributed by atoms with van der Waals surface area (Å²) in [6.07, 6.45) is 0. The van der Waals surface area contributed by atoms with E-state index in [1.165, 1.54) is 7.11 Å². The van der Waals surface area contributed by atoms with E-state index in [2.05, 4.69) is 0 Å². The van der Waals surface area contributed by atoms with Crippen LogP contribution in [0.5, 0.6) is 5.75 Å². The third-order valence-electron chi connectivity index (χ3n) is 1.82. The molecule has 0 radical (unpaired) electrons. The average molecular weight is 338 g/mol. The van der Waals surface area contributed by atoms with E-state index >= 15 is 0 Å². The van der Waals surface area contributed by atoms with Crippen LogP contribution in [-0.2, 0) is 3.07 Å². The van der Waals surface area contributed by atoms with E-state index in [1.807, 2.05) is 0 Å². The number of carbonyl (C=O) groups is 2. The molecule has 0 saturated carbocycles. The second-order valence-electron chi connectivity index (χ2n) is 2.72. The molecule has 6 nitrogen and oxygen atoms in total. The van der Waals surface area contributed by atoms with Crippen LogP contribution in [0.2, 0.25) is 0 Å². The number of ether oxygens (including phenoxy) is 1. The molecule has 0 aromatic heterocycles. The molecule has 16 heavy (non-hydrogen) atoms. The Hall–Kier alpha value is -1.51. The van der Waals surface area contributed by atoms with Gasteiger partial charge in [-0.3, -0.25) is 3.07 Å². The molecule has 0 amide bonds. The maximum Gasteiger partial charge on any atom is 0.337 e. The molecule has 0 heterocycles. The summed E-state index contributed by atoms with van der Waals surface area (Å²) in [6, 6.07) is 2.31. The van der Waals surface area contributed by atoms with Gasteiger partial charge in [0.25, 0.3) is 0 Å². The van der Waals surface area contributed by atoms with Gasteiger partial charge in [0, 0.05) is 0 Å². The molecule has 0 fully saturated rings. The highest BCUT2D eigenvalue weighted by Crippen LogP contribution is 2.26. The fourth-order valence-corrected chi connectivity index (χ4v) is 2.36. The van der Waals surface area contributed by atoms with Gasteiger partial charge in [0.1, 0.15) is 5.75 Å². The summed E-state index contributed by atoms with van der Waals surface area (Å²) in [5, 5.41) is 17.7. The molecule has 0 unspecified atom stereocenters. The van der Waals surface area contributed by atoms with Gasteiger partial charge in [0.2, 0.25) is 0 Å². The fraction of sp³-hybridized carbons (Fsp3) is 0.111. The van der Waals surface area contributed by atoms with E-state index in [9.17, 15) is 12.7 Å². The molecular weight excluding hydrogens is 331 g/mol. The highest BCUT2D eigenvalue weighted by atomic mass is 127. The monoisotopic (exact) mass is 338 g/mol. The third-order valence-corrected chi connectivity index (χ3v) is 3.42. The van der Waals surface area contributed by atoms with E-state index in [0.29, 0.717) is 0 Å². The summed E-state index contributed by atoms with van der Waals surface area (Å²) in [5.41, 5.74) is -0.584. The van der Waals surface area contributed by atoms with Crippen molar-refractivity contribution in [1.29, 1.82) is 0 Å². The van der Waals surface area contributed by atoms with E-state index in [4.69, 9.17) is 14.9 Å². The summed E-state index contributed by atoms with van der Waals surface area (Å²) in [7, 11) is 1.29. The lowest BCUT2D eigenvalue weighted by Gasteiger charge is -2.06. The molecule has 0 spiro atoms. The smallest absolute Gasteiger partial charge is 0.337 e. The Kier molecular flexibility index (Phi) is 3.93. The van der Waals surface area contributed by atoms with Crippen molar-refractivity contribution in [3.8, 4) is 5.75 Å². The summed E-state index contributed by atoms with van der Waals surface area (Å²) < 4.78 is 15.6. The van der Waals surface area contributed by atoms with Crippen LogP contribution in [0.25, 0.3) is 0 Å². The van der Waals surface area contributed by atoms with Gasteiger partial charge in [0.05, 0.1) is 21.8 Å². The van der Waals surface area contributed by atoms with Gasteiger partial charge in [-0.25, -0.2) is 9.59 Å². The van der Waals surface area contributed by atoms with Crippen molar-refractivity contribution in [1.82, 2.24) is 0 Å². The number of carboxylic acid groups (broad SMARTS) is 2. The lowest BCUT2D eigenvalue weighted by Crippen LogP contribution is -2.08. The van der Waals surface area contributed by atoms with Crippen molar-refractivity contribution in [2.75, 3.05) is 7.11 Å². The molecule has 1 aromatic carbocycles. The van der Waals surface area contributed by atoms with Crippen molar-refractivity contribution in [2.24, 2.45) is 0 Å². The third kappa shape index (κ3) is 2.35. The van der Waals surface area contributed by atoms with Crippen LogP contribution in [-0.4, -0.2) is 29.3 Å². The molecule has 0 aliphatic carbocycles. The van der Waals surface area contributed by atoms with Crippen molar-refractivity contribution in [3.63, 3.8) is 0 Å². The van der Waals surface area contributed by atoms with Gasteiger partial charge in [-0.05, 0) is 12.1 Å². The van der Waals surface area contributed by atoms with Crippen molar-refractivity contribution in [3.05, 3.63) is 26.8 Å². The minimum atomic E-state index is -1.89. The largest absolute Gasteiger partial charge is 0.497 e. The topological polar surface area (TPSA) is 101 Å². The number of methoxy groups -OCH3 is 1. The van der Waals surface area contributed by atoms with Gasteiger partial charge in [-0.1, -0.05) is 0 Å². The van der Waals surface area contributed by atoms with Crippen LogP contribution in [0.1, 0.15) is 20.7 Å². The molecule has 7 heteroatoms. The van der Waals surface area contributed by atoms with Gasteiger partial charge in [-0.15, -0.1) is 0 Å². The van der Waals surface area contributed by atoms with E-state index in [0.717, 1.165) is 12.1 Å². The van der Waals surface area contributed by atoms with Crippen LogP contribution >= 0.6 is 21.2 Å². The Morgan fingerprint density at radius 3 is 1.88 bits per heavy atom. The maximum atomic E-state index is 10.9. The number of benzene rings is 1. The predicted molar refractivity (Wildman–Crippen MR) is 60.3 cm³/mol. The lowest BCUT2D eigenvalue weighted by molar-refractivity contribution is 0.0694. The second-order valence-corrected chi connectivity index (χ2v) is 4.24. The standard InChI is InChI=1S/C9H7IO6/c1-16-4-2-5(8(11)12)7(10-15)6(3-4)9(13)14/h2-3H,1H3,(H,11,12)(H,13,14). The Morgan fingerprint density at radius 1 is 1.19 bits per heavy atom. The molecule has 0 atom stereocenters. The van der Waals surface area contributed by atoms with Crippen LogP contribution in [0.4, 0.5) is 0 Å². The van der Waals surface area contributed by atoms with Gasteiger partial charge in [0.15, 0.2) is 21.2 Å². The summed E-state index contributed by atoms with van der Waals surface area (Å²) in [5.74, 6) is -2.55. The molecule has 86 valence electrons. The van der Waals surface area contributed by atoms with E-state index < -0.39 is 33.1 Å². The molecule has 1 rings (SSSR count). The van der Waals surface area contributed by atoms with Crippen LogP contribution in [0, 0.1) is 3.57 Å². The Labute approximate surface area is 100 Å². The Balaban J connectivity index is 3.59. The molecule has 2 N–H and O–H groups in total. The van der Waals surface area contributed by atoms with Crippen LogP contribution in [0.3, 0.4) is 0 Å². The Morgan fingerprint density at radius 2 is 1.62 bits per heavy atom. The SMILES string of the molecule is COc1cc(C(=O)O)c(I=O)c(C(=O)O)c1. The Bertz CT molecular complexity index is 432.